The Morgan fingerprint density at radius 1 is 1.50 bits per heavy atom. The maximum atomic E-state index is 10.1. The maximum absolute atomic E-state index is 10.1. The number of fused-ring (bicyclic) bond motifs is 1. The van der Waals surface area contributed by atoms with Crippen LogP contribution in [-0.2, 0) is 0 Å². The molecular formula is C9H6N2O3. The van der Waals surface area contributed by atoms with Crippen LogP contribution in [0.15, 0.2) is 35.2 Å². The van der Waals surface area contributed by atoms with Gasteiger partial charge in [-0.2, -0.15) is 0 Å². The Bertz CT molecular complexity index is 501. The van der Waals surface area contributed by atoms with Gasteiger partial charge in [-0.05, 0) is 17.7 Å². The first-order valence-corrected chi connectivity index (χ1v) is 3.91. The lowest BCUT2D eigenvalue weighted by atomic mass is 10.2. The highest BCUT2D eigenvalue weighted by Gasteiger charge is 1.98. The minimum Gasteiger partial charge on any atom is -0.443 e. The maximum Gasteiger partial charge on any atom is 0.235 e. The number of nitro groups is 1. The Kier molecular flexibility index (Phi) is 1.98. The van der Waals surface area contributed by atoms with E-state index in [-0.39, 0.29) is 0 Å². The molecule has 0 saturated carbocycles. The third kappa shape index (κ3) is 1.61. The zero-order chi connectivity index (χ0) is 9.97. The Hall–Kier alpha value is -2.17. The smallest absolute Gasteiger partial charge is 0.235 e. The van der Waals surface area contributed by atoms with E-state index in [0.29, 0.717) is 11.1 Å². The van der Waals surface area contributed by atoms with Crippen molar-refractivity contribution in [1.82, 2.24) is 4.98 Å². The first kappa shape index (κ1) is 8.43. The quantitative estimate of drug-likeness (QED) is 0.537. The topological polar surface area (TPSA) is 69.2 Å². The molecule has 0 aliphatic carbocycles. The number of oxazole rings is 1. The second-order valence-corrected chi connectivity index (χ2v) is 2.68. The fraction of sp³-hybridized carbons (Fsp3) is 0. The summed E-state index contributed by atoms with van der Waals surface area (Å²) < 4.78 is 5.05. The average molecular weight is 190 g/mol. The van der Waals surface area contributed by atoms with E-state index in [2.05, 4.69) is 4.98 Å². The number of hydrogen-bond donors (Lipinski definition) is 0. The predicted octanol–water partition coefficient (Wildman–Crippen LogP) is 2.08. The minimum atomic E-state index is -0.509. The van der Waals surface area contributed by atoms with Gasteiger partial charge in [0.25, 0.3) is 0 Å². The molecule has 0 fully saturated rings. The molecule has 0 amide bonds. The standard InChI is InChI=1S/C9H6N2O3/c12-11(13)4-3-7-1-2-8-9(5-7)14-6-10-8/h1-6H/b4-3+. The van der Waals surface area contributed by atoms with Crippen LogP contribution < -0.4 is 0 Å². The highest BCUT2D eigenvalue weighted by atomic mass is 16.6. The molecule has 1 heterocycles. The van der Waals surface area contributed by atoms with Crippen molar-refractivity contribution in [3.8, 4) is 0 Å². The fourth-order valence-corrected chi connectivity index (χ4v) is 1.12. The molecule has 1 aromatic heterocycles. The van der Waals surface area contributed by atoms with Crippen molar-refractivity contribution in [2.45, 2.75) is 0 Å². The highest BCUT2D eigenvalue weighted by Crippen LogP contribution is 2.14. The van der Waals surface area contributed by atoms with Crippen LogP contribution in [0.1, 0.15) is 5.56 Å². The first-order chi connectivity index (χ1) is 6.75. The van der Waals surface area contributed by atoms with Gasteiger partial charge in [0.2, 0.25) is 6.20 Å². The molecule has 0 aliphatic heterocycles. The molecule has 0 unspecified atom stereocenters. The molecule has 2 aromatic rings. The summed E-state index contributed by atoms with van der Waals surface area (Å²) in [7, 11) is 0. The molecule has 0 radical (unpaired) electrons. The molecule has 0 aliphatic rings. The third-order valence-corrected chi connectivity index (χ3v) is 1.74. The molecule has 5 nitrogen and oxygen atoms in total. The van der Waals surface area contributed by atoms with Crippen LogP contribution in [0.4, 0.5) is 0 Å². The van der Waals surface area contributed by atoms with Gasteiger partial charge in [0, 0.05) is 6.08 Å². The van der Waals surface area contributed by atoms with Crippen molar-refractivity contribution in [3.63, 3.8) is 0 Å². The zero-order valence-electron chi connectivity index (χ0n) is 7.08. The molecule has 0 atom stereocenters. The Morgan fingerprint density at radius 3 is 3.14 bits per heavy atom. The van der Waals surface area contributed by atoms with E-state index in [1.807, 2.05) is 0 Å². The molecular weight excluding hydrogens is 184 g/mol. The number of aromatic nitrogens is 1. The number of benzene rings is 1. The summed E-state index contributed by atoms with van der Waals surface area (Å²) >= 11 is 0. The summed E-state index contributed by atoms with van der Waals surface area (Å²) in [6, 6.07) is 5.19. The van der Waals surface area contributed by atoms with Crippen molar-refractivity contribution < 1.29 is 9.34 Å². The van der Waals surface area contributed by atoms with E-state index in [9.17, 15) is 10.1 Å². The molecule has 0 N–H and O–H groups in total. The summed E-state index contributed by atoms with van der Waals surface area (Å²) in [5.41, 5.74) is 2.07. The monoisotopic (exact) mass is 190 g/mol. The van der Waals surface area contributed by atoms with Crippen molar-refractivity contribution in [1.29, 1.82) is 0 Å². The summed E-state index contributed by atoms with van der Waals surface area (Å²) in [5.74, 6) is 0. The van der Waals surface area contributed by atoms with Crippen LogP contribution in [0.5, 0.6) is 0 Å². The zero-order valence-corrected chi connectivity index (χ0v) is 7.08. The van der Waals surface area contributed by atoms with Crippen LogP contribution >= 0.6 is 0 Å². The van der Waals surface area contributed by atoms with Gasteiger partial charge in [0.05, 0.1) is 4.92 Å². The Labute approximate surface area is 78.8 Å². The van der Waals surface area contributed by atoms with E-state index in [0.717, 1.165) is 11.7 Å². The highest BCUT2D eigenvalue weighted by molar-refractivity contribution is 5.75. The van der Waals surface area contributed by atoms with E-state index >= 15 is 0 Å². The van der Waals surface area contributed by atoms with Crippen LogP contribution in [0.3, 0.4) is 0 Å². The van der Waals surface area contributed by atoms with Gasteiger partial charge in [-0.3, -0.25) is 10.1 Å². The summed E-state index contributed by atoms with van der Waals surface area (Å²) in [4.78, 5) is 13.5. The van der Waals surface area contributed by atoms with Crippen molar-refractivity contribution in [3.05, 3.63) is 46.5 Å². The lowest BCUT2D eigenvalue weighted by Crippen LogP contribution is -1.82. The largest absolute Gasteiger partial charge is 0.443 e. The van der Waals surface area contributed by atoms with Gasteiger partial charge in [0.1, 0.15) is 5.52 Å². The number of hydrogen-bond acceptors (Lipinski definition) is 4. The van der Waals surface area contributed by atoms with E-state index in [1.54, 1.807) is 18.2 Å². The molecule has 0 saturated heterocycles. The Morgan fingerprint density at radius 2 is 2.36 bits per heavy atom. The average Bonchev–Trinajstić information content (AvgIpc) is 2.61. The van der Waals surface area contributed by atoms with Gasteiger partial charge < -0.3 is 4.42 Å². The van der Waals surface area contributed by atoms with Gasteiger partial charge in [-0.25, -0.2) is 4.98 Å². The van der Waals surface area contributed by atoms with Crippen molar-refractivity contribution in [2.24, 2.45) is 0 Å². The van der Waals surface area contributed by atoms with E-state index in [1.165, 1.54) is 12.5 Å². The van der Waals surface area contributed by atoms with Crippen LogP contribution in [0.25, 0.3) is 17.2 Å². The molecule has 1 aromatic carbocycles. The van der Waals surface area contributed by atoms with Gasteiger partial charge in [0.15, 0.2) is 12.0 Å². The number of nitrogens with zero attached hydrogens (tertiary/aromatic N) is 2. The molecule has 5 heteroatoms. The summed E-state index contributed by atoms with van der Waals surface area (Å²) in [6.45, 7) is 0. The van der Waals surface area contributed by atoms with E-state index < -0.39 is 4.92 Å². The fourth-order valence-electron chi connectivity index (χ4n) is 1.12. The Balaban J connectivity index is 2.39. The van der Waals surface area contributed by atoms with E-state index in [4.69, 9.17) is 4.42 Å². The molecule has 0 spiro atoms. The van der Waals surface area contributed by atoms with Crippen LogP contribution in [0.2, 0.25) is 0 Å². The first-order valence-electron chi connectivity index (χ1n) is 3.91. The van der Waals surface area contributed by atoms with Crippen molar-refractivity contribution >= 4 is 17.2 Å². The predicted molar refractivity (Wildman–Crippen MR) is 50.0 cm³/mol. The minimum absolute atomic E-state index is 0.509. The lowest BCUT2D eigenvalue weighted by Gasteiger charge is -1.89. The van der Waals surface area contributed by atoms with Crippen molar-refractivity contribution in [2.75, 3.05) is 0 Å². The van der Waals surface area contributed by atoms with Gasteiger partial charge in [-0.15, -0.1) is 0 Å². The second kappa shape index (κ2) is 3.29. The van der Waals surface area contributed by atoms with Crippen LogP contribution in [-0.4, -0.2) is 9.91 Å². The van der Waals surface area contributed by atoms with Crippen LogP contribution in [0, 0.1) is 10.1 Å². The SMILES string of the molecule is O=[N+]([O-])/C=C/c1ccc2ncoc2c1. The third-order valence-electron chi connectivity index (χ3n) is 1.74. The molecule has 14 heavy (non-hydrogen) atoms. The lowest BCUT2D eigenvalue weighted by molar-refractivity contribution is -0.400. The molecule has 0 bridgehead atoms. The summed E-state index contributed by atoms with van der Waals surface area (Å²) in [5, 5.41) is 10.1. The molecule has 2 rings (SSSR count). The summed E-state index contributed by atoms with van der Waals surface area (Å²) in [6.07, 6.45) is 3.63. The number of rotatable bonds is 2. The second-order valence-electron chi connectivity index (χ2n) is 2.68. The van der Waals surface area contributed by atoms with Gasteiger partial charge >= 0.3 is 0 Å². The normalized spacial score (nSPS) is 11.1. The molecule has 70 valence electrons. The van der Waals surface area contributed by atoms with Gasteiger partial charge in [-0.1, -0.05) is 6.07 Å².